The van der Waals surface area contributed by atoms with Crippen LogP contribution in [-0.2, 0) is 9.47 Å². The number of hydrogen-bond donors (Lipinski definition) is 1. The molecule has 0 saturated heterocycles. The Hall–Kier alpha value is -0.160. The van der Waals surface area contributed by atoms with Crippen LogP contribution >= 0.6 is 0 Å². The standard InChI is InChI=1S/C17H38N2O2/c1-7-10-18-16(4)17(5,6)15-19(11-13-20-8-2)12-14-21-9-3/h16,18H,7-15H2,1-6H3. The van der Waals surface area contributed by atoms with Gasteiger partial charge in [-0.1, -0.05) is 20.8 Å². The first-order chi connectivity index (χ1) is 9.97. The van der Waals surface area contributed by atoms with Crippen molar-refractivity contribution in [3.8, 4) is 0 Å². The molecule has 21 heavy (non-hydrogen) atoms. The fourth-order valence-electron chi connectivity index (χ4n) is 2.30. The Morgan fingerprint density at radius 3 is 1.95 bits per heavy atom. The Morgan fingerprint density at radius 2 is 1.52 bits per heavy atom. The summed E-state index contributed by atoms with van der Waals surface area (Å²) in [5.41, 5.74) is 0.230. The highest BCUT2D eigenvalue weighted by Crippen LogP contribution is 2.22. The lowest BCUT2D eigenvalue weighted by Crippen LogP contribution is -2.48. The van der Waals surface area contributed by atoms with E-state index in [1.54, 1.807) is 0 Å². The van der Waals surface area contributed by atoms with E-state index in [1.807, 2.05) is 13.8 Å². The van der Waals surface area contributed by atoms with E-state index in [-0.39, 0.29) is 5.41 Å². The molecule has 0 saturated carbocycles. The van der Waals surface area contributed by atoms with Crippen molar-refractivity contribution in [2.75, 3.05) is 52.6 Å². The van der Waals surface area contributed by atoms with Crippen LogP contribution in [0.2, 0.25) is 0 Å². The largest absolute Gasteiger partial charge is 0.380 e. The summed E-state index contributed by atoms with van der Waals surface area (Å²) >= 11 is 0. The lowest BCUT2D eigenvalue weighted by molar-refractivity contribution is 0.0580. The topological polar surface area (TPSA) is 33.7 Å². The molecule has 0 spiro atoms. The van der Waals surface area contributed by atoms with Gasteiger partial charge in [0.1, 0.15) is 0 Å². The molecule has 1 atom stereocenters. The van der Waals surface area contributed by atoms with Crippen LogP contribution in [0.1, 0.15) is 48.0 Å². The molecule has 0 amide bonds. The van der Waals surface area contributed by atoms with Gasteiger partial charge >= 0.3 is 0 Å². The molecule has 1 unspecified atom stereocenters. The van der Waals surface area contributed by atoms with Crippen molar-refractivity contribution in [3.63, 3.8) is 0 Å². The molecule has 0 bridgehead atoms. The number of rotatable bonds is 14. The molecule has 0 aromatic heterocycles. The van der Waals surface area contributed by atoms with E-state index in [9.17, 15) is 0 Å². The molecule has 0 aliphatic heterocycles. The minimum Gasteiger partial charge on any atom is -0.380 e. The van der Waals surface area contributed by atoms with Crippen molar-refractivity contribution in [1.82, 2.24) is 10.2 Å². The van der Waals surface area contributed by atoms with Crippen LogP contribution in [0.3, 0.4) is 0 Å². The van der Waals surface area contributed by atoms with Crippen LogP contribution in [0, 0.1) is 5.41 Å². The van der Waals surface area contributed by atoms with Crippen LogP contribution in [0.4, 0.5) is 0 Å². The Morgan fingerprint density at radius 1 is 1.00 bits per heavy atom. The van der Waals surface area contributed by atoms with Gasteiger partial charge in [-0.15, -0.1) is 0 Å². The summed E-state index contributed by atoms with van der Waals surface area (Å²) in [6, 6.07) is 0.499. The van der Waals surface area contributed by atoms with Gasteiger partial charge in [0.05, 0.1) is 13.2 Å². The zero-order valence-corrected chi connectivity index (χ0v) is 15.2. The molecule has 0 heterocycles. The normalized spacial score (nSPS) is 13.9. The smallest absolute Gasteiger partial charge is 0.0593 e. The van der Waals surface area contributed by atoms with Gasteiger partial charge in [-0.2, -0.15) is 0 Å². The first-order valence-electron chi connectivity index (χ1n) is 8.59. The van der Waals surface area contributed by atoms with Gasteiger partial charge in [0.15, 0.2) is 0 Å². The van der Waals surface area contributed by atoms with Gasteiger partial charge in [0.2, 0.25) is 0 Å². The number of hydrogen-bond acceptors (Lipinski definition) is 4. The van der Waals surface area contributed by atoms with Gasteiger partial charge in [-0.3, -0.25) is 4.90 Å². The molecular weight excluding hydrogens is 264 g/mol. The van der Waals surface area contributed by atoms with Crippen molar-refractivity contribution in [2.45, 2.75) is 54.0 Å². The van der Waals surface area contributed by atoms with Crippen molar-refractivity contribution < 1.29 is 9.47 Å². The second kappa shape index (κ2) is 12.4. The molecule has 0 radical (unpaired) electrons. The zero-order chi connectivity index (χ0) is 16.1. The van der Waals surface area contributed by atoms with E-state index >= 15 is 0 Å². The summed E-state index contributed by atoms with van der Waals surface area (Å²) in [5, 5.41) is 3.62. The lowest BCUT2D eigenvalue weighted by atomic mass is 9.84. The predicted octanol–water partition coefficient (Wildman–Crippen LogP) is 2.78. The van der Waals surface area contributed by atoms with E-state index < -0.39 is 0 Å². The third kappa shape index (κ3) is 10.2. The summed E-state index contributed by atoms with van der Waals surface area (Å²) < 4.78 is 11.0. The van der Waals surface area contributed by atoms with Crippen molar-refractivity contribution in [3.05, 3.63) is 0 Å². The van der Waals surface area contributed by atoms with Gasteiger partial charge in [-0.25, -0.2) is 0 Å². The summed E-state index contributed by atoms with van der Waals surface area (Å²) in [6.45, 7) is 20.6. The highest BCUT2D eigenvalue weighted by molar-refractivity contribution is 4.84. The van der Waals surface area contributed by atoms with Crippen LogP contribution in [0.15, 0.2) is 0 Å². The minimum atomic E-state index is 0.230. The maximum absolute atomic E-state index is 5.51. The Kier molecular flexibility index (Phi) is 12.3. The molecule has 0 aromatic rings. The van der Waals surface area contributed by atoms with Gasteiger partial charge in [0.25, 0.3) is 0 Å². The highest BCUT2D eigenvalue weighted by atomic mass is 16.5. The Bertz CT molecular complexity index is 225. The fraction of sp³-hybridized carbons (Fsp3) is 1.00. The number of ether oxygens (including phenoxy) is 2. The Balaban J connectivity index is 4.37. The van der Waals surface area contributed by atoms with E-state index in [4.69, 9.17) is 9.47 Å². The zero-order valence-electron chi connectivity index (χ0n) is 15.2. The molecule has 0 fully saturated rings. The molecule has 0 aromatic carbocycles. The summed E-state index contributed by atoms with van der Waals surface area (Å²) in [7, 11) is 0. The first-order valence-corrected chi connectivity index (χ1v) is 8.59. The molecule has 0 aliphatic carbocycles. The monoisotopic (exact) mass is 302 g/mol. The third-order valence-corrected chi connectivity index (χ3v) is 4.02. The molecule has 4 heteroatoms. The van der Waals surface area contributed by atoms with Crippen molar-refractivity contribution in [1.29, 1.82) is 0 Å². The quantitative estimate of drug-likeness (QED) is 0.500. The van der Waals surface area contributed by atoms with E-state index in [1.165, 1.54) is 6.42 Å². The van der Waals surface area contributed by atoms with Crippen molar-refractivity contribution in [2.24, 2.45) is 5.41 Å². The lowest BCUT2D eigenvalue weighted by Gasteiger charge is -2.37. The van der Waals surface area contributed by atoms with Crippen LogP contribution in [0.5, 0.6) is 0 Å². The third-order valence-electron chi connectivity index (χ3n) is 4.02. The number of nitrogens with one attached hydrogen (secondary N) is 1. The number of nitrogens with zero attached hydrogens (tertiary/aromatic N) is 1. The second-order valence-electron chi connectivity index (χ2n) is 6.33. The molecular formula is C17H38N2O2. The predicted molar refractivity (Wildman–Crippen MR) is 91.0 cm³/mol. The van der Waals surface area contributed by atoms with Gasteiger partial charge in [-0.05, 0) is 39.2 Å². The first kappa shape index (κ1) is 20.8. The fourth-order valence-corrected chi connectivity index (χ4v) is 2.30. The van der Waals surface area contributed by atoms with E-state index in [0.717, 1.165) is 52.6 Å². The van der Waals surface area contributed by atoms with E-state index in [2.05, 4.69) is 37.9 Å². The summed E-state index contributed by atoms with van der Waals surface area (Å²) in [4.78, 5) is 2.47. The molecule has 4 nitrogen and oxygen atoms in total. The summed E-state index contributed by atoms with van der Waals surface area (Å²) in [5.74, 6) is 0. The maximum Gasteiger partial charge on any atom is 0.0593 e. The van der Waals surface area contributed by atoms with E-state index in [0.29, 0.717) is 6.04 Å². The molecule has 0 aliphatic rings. The average molecular weight is 303 g/mol. The second-order valence-corrected chi connectivity index (χ2v) is 6.33. The van der Waals surface area contributed by atoms with Crippen molar-refractivity contribution >= 4 is 0 Å². The van der Waals surface area contributed by atoms with Gasteiger partial charge in [0, 0.05) is 38.9 Å². The van der Waals surface area contributed by atoms with Crippen LogP contribution < -0.4 is 5.32 Å². The maximum atomic E-state index is 5.51. The molecule has 1 N–H and O–H groups in total. The molecule has 128 valence electrons. The Labute approximate surface area is 132 Å². The van der Waals surface area contributed by atoms with Gasteiger partial charge < -0.3 is 14.8 Å². The summed E-state index contributed by atoms with van der Waals surface area (Å²) in [6.07, 6.45) is 1.18. The molecule has 0 rings (SSSR count). The minimum absolute atomic E-state index is 0.230. The SMILES string of the molecule is CCCNC(C)C(C)(C)CN(CCOCC)CCOCC. The highest BCUT2D eigenvalue weighted by Gasteiger charge is 2.27. The average Bonchev–Trinajstić information content (AvgIpc) is 2.44. The van der Waals surface area contributed by atoms with Crippen LogP contribution in [-0.4, -0.2) is 63.5 Å². The van der Waals surface area contributed by atoms with Crippen LogP contribution in [0.25, 0.3) is 0 Å².